The Morgan fingerprint density at radius 3 is 2.62 bits per heavy atom. The maximum absolute atomic E-state index is 12.4. The molecule has 0 spiro atoms. The lowest BCUT2D eigenvalue weighted by molar-refractivity contribution is 0.102. The van der Waals surface area contributed by atoms with Crippen LogP contribution in [-0.2, 0) is 10.0 Å². The van der Waals surface area contributed by atoms with Gasteiger partial charge in [-0.25, -0.2) is 13.4 Å². The van der Waals surface area contributed by atoms with Crippen LogP contribution in [0.15, 0.2) is 52.2 Å². The molecule has 3 rings (SSSR count). The number of benzene rings is 1. The van der Waals surface area contributed by atoms with Gasteiger partial charge in [0.1, 0.15) is 4.21 Å². The predicted octanol–water partition coefficient (Wildman–Crippen LogP) is 3.57. The number of amides is 1. The van der Waals surface area contributed by atoms with Crippen LogP contribution in [0.4, 0.5) is 10.8 Å². The third kappa shape index (κ3) is 3.64. The van der Waals surface area contributed by atoms with Gasteiger partial charge in [0.2, 0.25) is 0 Å². The highest BCUT2D eigenvalue weighted by atomic mass is 32.2. The molecule has 2 heterocycles. The molecule has 0 radical (unpaired) electrons. The Balaban J connectivity index is 1.86. The highest BCUT2D eigenvalue weighted by Gasteiger charge is 2.19. The summed E-state index contributed by atoms with van der Waals surface area (Å²) in [7, 11) is -3.72. The smallest absolute Gasteiger partial charge is 0.271 e. The number of carbonyl (C=O) groups excluding carboxylic acids is 1. The Kier molecular flexibility index (Phi) is 4.65. The van der Waals surface area contributed by atoms with E-state index in [1.54, 1.807) is 41.9 Å². The van der Waals surface area contributed by atoms with Gasteiger partial charge in [-0.3, -0.25) is 14.8 Å². The Hall–Kier alpha value is -2.23. The van der Waals surface area contributed by atoms with Crippen molar-refractivity contribution in [1.82, 2.24) is 4.98 Å². The number of anilines is 2. The standard InChI is InChI=1S/C15H13N3O3S3/c1-10-9-16-15(23-10)17-14(19)11-5-2-3-6-12(11)18-24(20,21)13-7-4-8-22-13/h2-9,18H,1H3,(H,16,17,19). The number of aryl methyl sites for hydroxylation is 1. The van der Waals surface area contributed by atoms with Crippen LogP contribution < -0.4 is 10.0 Å². The van der Waals surface area contributed by atoms with Gasteiger partial charge in [-0.2, -0.15) is 0 Å². The molecule has 0 fully saturated rings. The van der Waals surface area contributed by atoms with Crippen LogP contribution in [0.25, 0.3) is 0 Å². The molecule has 0 atom stereocenters. The van der Waals surface area contributed by atoms with Crippen LogP contribution in [0.5, 0.6) is 0 Å². The molecular formula is C15H13N3O3S3. The van der Waals surface area contributed by atoms with E-state index < -0.39 is 15.9 Å². The van der Waals surface area contributed by atoms with E-state index >= 15 is 0 Å². The van der Waals surface area contributed by atoms with Crippen molar-refractivity contribution in [3.63, 3.8) is 0 Å². The lowest BCUT2D eigenvalue weighted by Crippen LogP contribution is -2.18. The van der Waals surface area contributed by atoms with E-state index in [2.05, 4.69) is 15.0 Å². The summed E-state index contributed by atoms with van der Waals surface area (Å²) in [6.07, 6.45) is 1.66. The van der Waals surface area contributed by atoms with Gasteiger partial charge in [0, 0.05) is 11.1 Å². The predicted molar refractivity (Wildman–Crippen MR) is 96.4 cm³/mol. The molecule has 124 valence electrons. The second-order valence-electron chi connectivity index (χ2n) is 4.81. The molecule has 0 aliphatic rings. The number of nitrogens with zero attached hydrogens (tertiary/aromatic N) is 1. The summed E-state index contributed by atoms with van der Waals surface area (Å²) in [4.78, 5) is 17.5. The van der Waals surface area contributed by atoms with Gasteiger partial charge in [-0.1, -0.05) is 18.2 Å². The summed E-state index contributed by atoms with van der Waals surface area (Å²) in [5, 5.41) is 4.82. The number of thiophene rings is 1. The zero-order valence-electron chi connectivity index (χ0n) is 12.5. The highest BCUT2D eigenvalue weighted by molar-refractivity contribution is 7.94. The average Bonchev–Trinajstić information content (AvgIpc) is 3.19. The topological polar surface area (TPSA) is 88.2 Å². The normalized spacial score (nSPS) is 11.2. The van der Waals surface area contributed by atoms with Crippen molar-refractivity contribution < 1.29 is 13.2 Å². The number of sulfonamides is 1. The van der Waals surface area contributed by atoms with E-state index in [9.17, 15) is 13.2 Å². The van der Waals surface area contributed by atoms with Gasteiger partial charge in [0.05, 0.1) is 11.3 Å². The third-order valence-electron chi connectivity index (χ3n) is 3.02. The quantitative estimate of drug-likeness (QED) is 0.709. The fourth-order valence-corrected chi connectivity index (χ4v) is 4.69. The molecule has 0 aliphatic carbocycles. The molecule has 0 bridgehead atoms. The van der Waals surface area contributed by atoms with E-state index in [1.807, 2.05) is 6.92 Å². The number of hydrogen-bond acceptors (Lipinski definition) is 6. The Labute approximate surface area is 147 Å². The van der Waals surface area contributed by atoms with Crippen molar-refractivity contribution in [1.29, 1.82) is 0 Å². The zero-order valence-corrected chi connectivity index (χ0v) is 15.0. The molecule has 0 saturated heterocycles. The first kappa shape index (κ1) is 16.6. The molecule has 24 heavy (non-hydrogen) atoms. The minimum atomic E-state index is -3.72. The van der Waals surface area contributed by atoms with Crippen LogP contribution >= 0.6 is 22.7 Å². The monoisotopic (exact) mass is 379 g/mol. The van der Waals surface area contributed by atoms with Crippen LogP contribution in [0.2, 0.25) is 0 Å². The van der Waals surface area contributed by atoms with Crippen LogP contribution in [0, 0.1) is 6.92 Å². The molecule has 3 aromatic rings. The zero-order chi connectivity index (χ0) is 17.2. The summed E-state index contributed by atoms with van der Waals surface area (Å²) < 4.78 is 27.4. The van der Waals surface area contributed by atoms with Crippen molar-refractivity contribution in [2.75, 3.05) is 10.0 Å². The molecule has 0 unspecified atom stereocenters. The number of thiazole rings is 1. The van der Waals surface area contributed by atoms with Crippen molar-refractivity contribution in [2.24, 2.45) is 0 Å². The van der Waals surface area contributed by atoms with Gasteiger partial charge in [0.15, 0.2) is 5.13 Å². The lowest BCUT2D eigenvalue weighted by atomic mass is 10.2. The number of hydrogen-bond donors (Lipinski definition) is 2. The minimum Gasteiger partial charge on any atom is -0.298 e. The van der Waals surface area contributed by atoms with Gasteiger partial charge >= 0.3 is 0 Å². The maximum Gasteiger partial charge on any atom is 0.271 e. The second-order valence-corrected chi connectivity index (χ2v) is 8.91. The third-order valence-corrected chi connectivity index (χ3v) is 6.61. The maximum atomic E-state index is 12.4. The first-order valence-electron chi connectivity index (χ1n) is 6.85. The van der Waals surface area contributed by atoms with E-state index in [4.69, 9.17) is 0 Å². The Morgan fingerprint density at radius 2 is 1.96 bits per heavy atom. The first-order chi connectivity index (χ1) is 11.5. The van der Waals surface area contributed by atoms with E-state index in [0.29, 0.717) is 5.13 Å². The van der Waals surface area contributed by atoms with Crippen molar-refractivity contribution >= 4 is 49.4 Å². The molecular weight excluding hydrogens is 366 g/mol. The number of rotatable bonds is 5. The Morgan fingerprint density at radius 1 is 1.17 bits per heavy atom. The van der Waals surface area contributed by atoms with Crippen molar-refractivity contribution in [3.05, 3.63) is 58.4 Å². The van der Waals surface area contributed by atoms with Gasteiger partial charge < -0.3 is 0 Å². The largest absolute Gasteiger partial charge is 0.298 e. The molecule has 2 aromatic heterocycles. The van der Waals surface area contributed by atoms with Crippen molar-refractivity contribution in [2.45, 2.75) is 11.1 Å². The highest BCUT2D eigenvalue weighted by Crippen LogP contribution is 2.24. The number of carbonyl (C=O) groups is 1. The summed E-state index contributed by atoms with van der Waals surface area (Å²) >= 11 is 2.46. The van der Waals surface area contributed by atoms with Crippen LogP contribution in [-0.4, -0.2) is 19.3 Å². The summed E-state index contributed by atoms with van der Waals surface area (Å²) in [5.41, 5.74) is 0.446. The number of para-hydroxylation sites is 1. The van der Waals surface area contributed by atoms with Crippen molar-refractivity contribution in [3.8, 4) is 0 Å². The molecule has 0 saturated carbocycles. The SMILES string of the molecule is Cc1cnc(NC(=O)c2ccccc2NS(=O)(=O)c2cccs2)s1. The lowest BCUT2D eigenvalue weighted by Gasteiger charge is -2.11. The first-order valence-corrected chi connectivity index (χ1v) is 10.0. The number of nitrogens with one attached hydrogen (secondary N) is 2. The van der Waals surface area contributed by atoms with Gasteiger partial charge in [-0.15, -0.1) is 22.7 Å². The molecule has 1 amide bonds. The second kappa shape index (κ2) is 6.71. The fraction of sp³-hybridized carbons (Fsp3) is 0.0667. The van der Waals surface area contributed by atoms with Gasteiger partial charge in [0.25, 0.3) is 15.9 Å². The van der Waals surface area contributed by atoms with Crippen LogP contribution in [0.1, 0.15) is 15.2 Å². The van der Waals surface area contributed by atoms with E-state index in [-0.39, 0.29) is 15.5 Å². The number of aromatic nitrogens is 1. The molecule has 0 aliphatic heterocycles. The molecule has 1 aromatic carbocycles. The van der Waals surface area contributed by atoms with Crippen LogP contribution in [0.3, 0.4) is 0 Å². The van der Waals surface area contributed by atoms with E-state index in [0.717, 1.165) is 16.2 Å². The summed E-state index contributed by atoms with van der Waals surface area (Å²) in [6, 6.07) is 9.60. The fourth-order valence-electron chi connectivity index (χ4n) is 1.96. The minimum absolute atomic E-state index is 0.188. The Bertz CT molecular complexity index is 963. The van der Waals surface area contributed by atoms with Gasteiger partial charge in [-0.05, 0) is 30.5 Å². The summed E-state index contributed by atoms with van der Waals surface area (Å²) in [5.74, 6) is -0.422. The molecule has 6 nitrogen and oxygen atoms in total. The molecule has 9 heteroatoms. The van der Waals surface area contributed by atoms with E-state index in [1.165, 1.54) is 17.4 Å². The summed E-state index contributed by atoms with van der Waals surface area (Å²) in [6.45, 7) is 1.89. The molecule has 2 N–H and O–H groups in total. The average molecular weight is 379 g/mol.